The Morgan fingerprint density at radius 1 is 1.62 bits per heavy atom. The molecule has 0 saturated carbocycles. The van der Waals surface area contributed by atoms with Crippen molar-refractivity contribution in [3.8, 4) is 0 Å². The molecule has 1 rings (SSSR count). The molecular formula is C10H12ClNO3S. The smallest absolute Gasteiger partial charge is 0.335 e. The van der Waals surface area contributed by atoms with E-state index in [1.807, 2.05) is 0 Å². The summed E-state index contributed by atoms with van der Waals surface area (Å²) >= 11 is 7.19. The fourth-order valence-corrected chi connectivity index (χ4v) is 2.15. The summed E-state index contributed by atoms with van der Waals surface area (Å²) in [6.45, 7) is 0.680. The molecule has 0 fully saturated rings. The summed E-state index contributed by atoms with van der Waals surface area (Å²) in [5, 5.41) is 9.66. The maximum atomic E-state index is 10.8. The van der Waals surface area contributed by atoms with Gasteiger partial charge in [0.1, 0.15) is 5.15 Å². The monoisotopic (exact) mass is 261 g/mol. The van der Waals surface area contributed by atoms with Gasteiger partial charge in [-0.15, -0.1) is 11.8 Å². The highest BCUT2D eigenvalue weighted by atomic mass is 35.5. The van der Waals surface area contributed by atoms with E-state index in [1.54, 1.807) is 7.11 Å². The number of rotatable bonds is 6. The third-order valence-electron chi connectivity index (χ3n) is 1.76. The van der Waals surface area contributed by atoms with Gasteiger partial charge < -0.3 is 9.84 Å². The van der Waals surface area contributed by atoms with Crippen molar-refractivity contribution in [3.63, 3.8) is 0 Å². The summed E-state index contributed by atoms with van der Waals surface area (Å²) in [5.74, 6) is -0.177. The lowest BCUT2D eigenvalue weighted by Crippen LogP contribution is -1.98. The van der Waals surface area contributed by atoms with E-state index in [4.69, 9.17) is 21.4 Å². The molecule has 0 bridgehead atoms. The number of carboxylic acids is 1. The molecule has 0 aliphatic carbocycles. The number of thioether (sulfide) groups is 1. The Labute approximate surface area is 103 Å². The van der Waals surface area contributed by atoms with Crippen molar-refractivity contribution < 1.29 is 14.6 Å². The molecule has 1 aromatic heterocycles. The van der Waals surface area contributed by atoms with E-state index in [2.05, 4.69) is 4.98 Å². The lowest BCUT2D eigenvalue weighted by atomic mass is 10.3. The summed E-state index contributed by atoms with van der Waals surface area (Å²) in [4.78, 5) is 14.8. The fourth-order valence-electron chi connectivity index (χ4n) is 1.05. The Morgan fingerprint density at radius 2 is 2.38 bits per heavy atom. The zero-order valence-corrected chi connectivity index (χ0v) is 10.3. The highest BCUT2D eigenvalue weighted by Gasteiger charge is 2.07. The van der Waals surface area contributed by atoms with Crippen LogP contribution in [-0.2, 0) is 4.74 Å². The van der Waals surface area contributed by atoms with Crippen molar-refractivity contribution in [3.05, 3.63) is 22.8 Å². The molecule has 4 nitrogen and oxygen atoms in total. The topological polar surface area (TPSA) is 59.4 Å². The van der Waals surface area contributed by atoms with Crippen molar-refractivity contribution in [1.82, 2.24) is 4.98 Å². The number of nitrogens with zero attached hydrogens (tertiary/aromatic N) is 1. The van der Waals surface area contributed by atoms with E-state index in [1.165, 1.54) is 23.9 Å². The summed E-state index contributed by atoms with van der Waals surface area (Å²) < 4.78 is 4.91. The number of methoxy groups -OCH3 is 1. The maximum Gasteiger partial charge on any atom is 0.335 e. The SMILES string of the molecule is COCCCSc1cc(C(=O)O)cc(Cl)n1. The molecule has 0 radical (unpaired) electrons. The zero-order valence-electron chi connectivity index (χ0n) is 8.77. The Bertz CT molecular complexity index is 373. The van der Waals surface area contributed by atoms with Crippen LogP contribution >= 0.6 is 23.4 Å². The van der Waals surface area contributed by atoms with Gasteiger partial charge in [-0.2, -0.15) is 0 Å². The van der Waals surface area contributed by atoms with Gasteiger partial charge in [-0.05, 0) is 18.6 Å². The quantitative estimate of drug-likeness (QED) is 0.484. The molecule has 6 heteroatoms. The van der Waals surface area contributed by atoms with Gasteiger partial charge in [0.2, 0.25) is 0 Å². The molecule has 1 aromatic rings. The third-order valence-corrected chi connectivity index (χ3v) is 2.95. The Morgan fingerprint density at radius 3 is 3.00 bits per heavy atom. The van der Waals surface area contributed by atoms with Crippen molar-refractivity contribution in [2.24, 2.45) is 0 Å². The summed E-state index contributed by atoms with van der Waals surface area (Å²) in [6.07, 6.45) is 0.887. The van der Waals surface area contributed by atoms with Crippen molar-refractivity contribution in [1.29, 1.82) is 0 Å². The number of hydrogen-bond acceptors (Lipinski definition) is 4. The third kappa shape index (κ3) is 4.38. The molecule has 0 amide bonds. The van der Waals surface area contributed by atoms with E-state index in [0.717, 1.165) is 12.2 Å². The van der Waals surface area contributed by atoms with Crippen LogP contribution in [0, 0.1) is 0 Å². The number of pyridine rings is 1. The van der Waals surface area contributed by atoms with E-state index < -0.39 is 5.97 Å². The Balaban J connectivity index is 2.62. The van der Waals surface area contributed by atoms with Gasteiger partial charge >= 0.3 is 5.97 Å². The van der Waals surface area contributed by atoms with Crippen LogP contribution in [0.2, 0.25) is 5.15 Å². The lowest BCUT2D eigenvalue weighted by Gasteiger charge is -2.03. The first kappa shape index (κ1) is 13.3. The predicted molar refractivity (Wildman–Crippen MR) is 63.4 cm³/mol. The van der Waals surface area contributed by atoms with Crippen LogP contribution in [0.5, 0.6) is 0 Å². The summed E-state index contributed by atoms with van der Waals surface area (Å²) in [6, 6.07) is 2.86. The molecule has 1 N–H and O–H groups in total. The van der Waals surface area contributed by atoms with Crippen LogP contribution in [0.4, 0.5) is 0 Å². The van der Waals surface area contributed by atoms with Crippen LogP contribution < -0.4 is 0 Å². The van der Waals surface area contributed by atoms with Gasteiger partial charge in [-0.25, -0.2) is 9.78 Å². The van der Waals surface area contributed by atoms with Crippen molar-refractivity contribution in [2.45, 2.75) is 11.4 Å². The molecule has 0 saturated heterocycles. The first-order valence-corrected chi connectivity index (χ1v) is 6.02. The number of halogens is 1. The van der Waals surface area contributed by atoms with E-state index in [-0.39, 0.29) is 10.7 Å². The normalized spacial score (nSPS) is 10.4. The van der Waals surface area contributed by atoms with Gasteiger partial charge in [0, 0.05) is 19.5 Å². The van der Waals surface area contributed by atoms with Gasteiger partial charge in [-0.3, -0.25) is 0 Å². The van der Waals surface area contributed by atoms with Crippen LogP contribution in [0.25, 0.3) is 0 Å². The van der Waals surface area contributed by atoms with Gasteiger partial charge in [0.25, 0.3) is 0 Å². The highest BCUT2D eigenvalue weighted by molar-refractivity contribution is 7.99. The molecule has 16 heavy (non-hydrogen) atoms. The van der Waals surface area contributed by atoms with Gasteiger partial charge in [0.15, 0.2) is 0 Å². The highest BCUT2D eigenvalue weighted by Crippen LogP contribution is 2.20. The van der Waals surface area contributed by atoms with Crippen LogP contribution in [0.15, 0.2) is 17.2 Å². The minimum Gasteiger partial charge on any atom is -0.478 e. The van der Waals surface area contributed by atoms with E-state index in [9.17, 15) is 4.79 Å². The van der Waals surface area contributed by atoms with Gasteiger partial charge in [0.05, 0.1) is 10.6 Å². The first-order valence-electron chi connectivity index (χ1n) is 4.66. The second kappa shape index (κ2) is 6.73. The molecule has 1 heterocycles. The summed E-state index contributed by atoms with van der Waals surface area (Å²) in [5.41, 5.74) is 0.161. The van der Waals surface area contributed by atoms with E-state index >= 15 is 0 Å². The largest absolute Gasteiger partial charge is 0.478 e. The van der Waals surface area contributed by atoms with Crippen LogP contribution in [0.1, 0.15) is 16.8 Å². The Hall–Kier alpha value is -0.780. The fraction of sp³-hybridized carbons (Fsp3) is 0.400. The molecule has 0 aliphatic heterocycles. The number of carbonyl (C=O) groups is 1. The van der Waals surface area contributed by atoms with Gasteiger partial charge in [-0.1, -0.05) is 11.6 Å². The number of ether oxygens (including phenoxy) is 1. The number of carboxylic acid groups (broad SMARTS) is 1. The number of aromatic carboxylic acids is 1. The molecule has 88 valence electrons. The summed E-state index contributed by atoms with van der Waals surface area (Å²) in [7, 11) is 1.64. The second-order valence-electron chi connectivity index (χ2n) is 3.02. The van der Waals surface area contributed by atoms with Crippen LogP contribution in [-0.4, -0.2) is 35.5 Å². The first-order chi connectivity index (χ1) is 7.63. The Kier molecular flexibility index (Phi) is 5.59. The zero-order chi connectivity index (χ0) is 12.0. The molecule has 0 aromatic carbocycles. The standard InChI is InChI=1S/C10H12ClNO3S/c1-15-3-2-4-16-9-6-7(10(13)14)5-8(11)12-9/h5-6H,2-4H2,1H3,(H,13,14). The average Bonchev–Trinajstić information content (AvgIpc) is 2.23. The number of aromatic nitrogens is 1. The minimum atomic E-state index is -0.997. The van der Waals surface area contributed by atoms with Crippen molar-refractivity contribution >= 4 is 29.3 Å². The predicted octanol–water partition coefficient (Wildman–Crippen LogP) is 2.56. The average molecular weight is 262 g/mol. The molecule has 0 spiro atoms. The number of hydrogen-bond donors (Lipinski definition) is 1. The van der Waals surface area contributed by atoms with E-state index in [0.29, 0.717) is 11.6 Å². The molecular weight excluding hydrogens is 250 g/mol. The molecule has 0 aliphatic rings. The molecule has 0 unspecified atom stereocenters. The maximum absolute atomic E-state index is 10.8. The van der Waals surface area contributed by atoms with Crippen molar-refractivity contribution in [2.75, 3.05) is 19.5 Å². The minimum absolute atomic E-state index is 0.161. The second-order valence-corrected chi connectivity index (χ2v) is 4.52. The van der Waals surface area contributed by atoms with Crippen LogP contribution in [0.3, 0.4) is 0 Å². The molecule has 0 atom stereocenters. The lowest BCUT2D eigenvalue weighted by molar-refractivity contribution is 0.0696.